The van der Waals surface area contributed by atoms with E-state index in [4.69, 9.17) is 0 Å². The fourth-order valence-electron chi connectivity index (χ4n) is 3.13. The molecule has 25 heavy (non-hydrogen) atoms. The van der Waals surface area contributed by atoms with Crippen LogP contribution in [0.1, 0.15) is 58.4 Å². The van der Waals surface area contributed by atoms with Crippen LogP contribution < -0.4 is 0 Å². The van der Waals surface area contributed by atoms with Crippen LogP contribution in [0.5, 0.6) is 11.5 Å². The molecule has 2 aromatic carbocycles. The van der Waals surface area contributed by atoms with Gasteiger partial charge in [-0.3, -0.25) is 0 Å². The predicted molar refractivity (Wildman–Crippen MR) is 96.9 cm³/mol. The minimum atomic E-state index is -0.822. The number of hydrogen-bond acceptors (Lipinski definition) is 2. The van der Waals surface area contributed by atoms with Crippen molar-refractivity contribution in [1.82, 2.24) is 0 Å². The molecule has 0 saturated heterocycles. The first-order valence-electron chi connectivity index (χ1n) is 8.78. The molecule has 0 amide bonds. The van der Waals surface area contributed by atoms with Gasteiger partial charge >= 0.3 is 0 Å². The van der Waals surface area contributed by atoms with Crippen molar-refractivity contribution in [2.75, 3.05) is 0 Å². The largest absolute Gasteiger partial charge is 0.507 e. The summed E-state index contributed by atoms with van der Waals surface area (Å²) in [4.78, 5) is 0. The maximum Gasteiger partial charge on any atom is 0.134 e. The number of benzene rings is 2. The van der Waals surface area contributed by atoms with Crippen molar-refractivity contribution in [3.63, 3.8) is 0 Å². The predicted octanol–water partition coefficient (Wildman–Crippen LogP) is 6.29. The number of phenolic OH excluding ortho intramolecular Hbond substituents is 2. The molecule has 0 aliphatic heterocycles. The summed E-state index contributed by atoms with van der Waals surface area (Å²) in [6.45, 7) is 6.23. The van der Waals surface area contributed by atoms with Gasteiger partial charge in [0.05, 0.1) is 11.1 Å². The molecule has 2 aromatic rings. The number of halogens is 2. The van der Waals surface area contributed by atoms with Gasteiger partial charge in [-0.25, -0.2) is 8.78 Å². The average Bonchev–Trinajstić information content (AvgIpc) is 2.53. The SMILES string of the molecule is CCCCCCC(C)(C)c1cc(O)c(-c2c(F)cccc2F)c(O)c1. The fourth-order valence-corrected chi connectivity index (χ4v) is 3.13. The molecule has 0 radical (unpaired) electrons. The minimum Gasteiger partial charge on any atom is -0.507 e. The average molecular weight is 348 g/mol. The highest BCUT2D eigenvalue weighted by atomic mass is 19.1. The Balaban J connectivity index is 2.37. The third kappa shape index (κ3) is 4.30. The van der Waals surface area contributed by atoms with E-state index < -0.39 is 17.2 Å². The lowest BCUT2D eigenvalue weighted by Crippen LogP contribution is -2.17. The van der Waals surface area contributed by atoms with Crippen LogP contribution in [0.15, 0.2) is 30.3 Å². The molecular formula is C21H26F2O2. The molecule has 2 nitrogen and oxygen atoms in total. The standard InChI is InChI=1S/C21H26F2O2/c1-4-5-6-7-11-21(2,3)14-12-17(24)20(18(25)13-14)19-15(22)9-8-10-16(19)23/h8-10,12-13,24-25H,4-7,11H2,1-3H3. The van der Waals surface area contributed by atoms with Gasteiger partial charge in [0, 0.05) is 0 Å². The molecule has 0 aliphatic carbocycles. The van der Waals surface area contributed by atoms with Crippen LogP contribution in [0.25, 0.3) is 11.1 Å². The van der Waals surface area contributed by atoms with Gasteiger partial charge < -0.3 is 10.2 Å². The topological polar surface area (TPSA) is 40.5 Å². The Morgan fingerprint density at radius 1 is 0.880 bits per heavy atom. The Kier molecular flexibility index (Phi) is 6.04. The summed E-state index contributed by atoms with van der Waals surface area (Å²) in [7, 11) is 0. The summed E-state index contributed by atoms with van der Waals surface area (Å²) in [5.74, 6) is -2.28. The smallest absolute Gasteiger partial charge is 0.134 e. The van der Waals surface area contributed by atoms with E-state index in [0.29, 0.717) is 0 Å². The summed E-state index contributed by atoms with van der Waals surface area (Å²) >= 11 is 0. The molecular weight excluding hydrogens is 322 g/mol. The van der Waals surface area contributed by atoms with Crippen molar-refractivity contribution < 1.29 is 19.0 Å². The second-order valence-electron chi connectivity index (χ2n) is 7.18. The van der Waals surface area contributed by atoms with Crippen LogP contribution in [0.4, 0.5) is 8.78 Å². The van der Waals surface area contributed by atoms with E-state index in [0.717, 1.165) is 43.4 Å². The third-order valence-electron chi connectivity index (χ3n) is 4.75. The number of unbranched alkanes of at least 4 members (excludes halogenated alkanes) is 3. The summed E-state index contributed by atoms with van der Waals surface area (Å²) in [5, 5.41) is 20.7. The molecule has 0 heterocycles. The number of aromatic hydroxyl groups is 2. The highest BCUT2D eigenvalue weighted by Gasteiger charge is 2.25. The molecule has 2 rings (SSSR count). The summed E-state index contributed by atoms with van der Waals surface area (Å²) < 4.78 is 28.0. The van der Waals surface area contributed by atoms with Crippen LogP contribution in [-0.2, 0) is 5.41 Å². The van der Waals surface area contributed by atoms with Gasteiger partial charge in [-0.05, 0) is 41.7 Å². The molecule has 0 aromatic heterocycles. The van der Waals surface area contributed by atoms with E-state index in [1.165, 1.54) is 24.6 Å². The number of phenols is 2. The maximum atomic E-state index is 14.0. The Bertz CT molecular complexity index is 695. The molecule has 0 spiro atoms. The molecule has 0 fully saturated rings. The normalized spacial score (nSPS) is 11.7. The first kappa shape index (κ1) is 19.2. The van der Waals surface area contributed by atoms with E-state index in [1.54, 1.807) is 0 Å². The molecule has 0 saturated carbocycles. The lowest BCUT2D eigenvalue weighted by molar-refractivity contribution is 0.424. The van der Waals surface area contributed by atoms with E-state index >= 15 is 0 Å². The van der Waals surface area contributed by atoms with E-state index in [1.807, 2.05) is 13.8 Å². The highest BCUT2D eigenvalue weighted by molar-refractivity contribution is 5.78. The molecule has 0 atom stereocenters. The zero-order valence-corrected chi connectivity index (χ0v) is 15.1. The van der Waals surface area contributed by atoms with Crippen LogP contribution in [0.2, 0.25) is 0 Å². The van der Waals surface area contributed by atoms with Crippen molar-refractivity contribution >= 4 is 0 Å². The molecule has 0 unspecified atom stereocenters. The van der Waals surface area contributed by atoms with Crippen LogP contribution in [-0.4, -0.2) is 10.2 Å². The Morgan fingerprint density at radius 3 is 1.96 bits per heavy atom. The van der Waals surface area contributed by atoms with Gasteiger partial charge in [-0.15, -0.1) is 0 Å². The van der Waals surface area contributed by atoms with Crippen molar-refractivity contribution in [3.8, 4) is 22.6 Å². The highest BCUT2D eigenvalue weighted by Crippen LogP contribution is 2.43. The first-order valence-corrected chi connectivity index (χ1v) is 8.78. The quantitative estimate of drug-likeness (QED) is 0.577. The van der Waals surface area contributed by atoms with Gasteiger partial charge in [0.1, 0.15) is 23.1 Å². The van der Waals surface area contributed by atoms with Crippen molar-refractivity contribution in [3.05, 3.63) is 47.5 Å². The second-order valence-corrected chi connectivity index (χ2v) is 7.18. The summed E-state index contributed by atoms with van der Waals surface area (Å²) in [6, 6.07) is 6.45. The molecule has 136 valence electrons. The first-order chi connectivity index (χ1) is 11.8. The number of hydrogen-bond donors (Lipinski definition) is 2. The Labute approximate surface area is 148 Å². The summed E-state index contributed by atoms with van der Waals surface area (Å²) in [6.07, 6.45) is 5.42. The van der Waals surface area contributed by atoms with Crippen molar-refractivity contribution in [2.45, 2.75) is 58.3 Å². The maximum absolute atomic E-state index is 14.0. The Hall–Kier alpha value is -2.10. The van der Waals surface area contributed by atoms with E-state index in [2.05, 4.69) is 6.92 Å². The summed E-state index contributed by atoms with van der Waals surface area (Å²) in [5.41, 5.74) is -0.125. The lowest BCUT2D eigenvalue weighted by Gasteiger charge is -2.26. The van der Waals surface area contributed by atoms with Gasteiger partial charge in [0.25, 0.3) is 0 Å². The molecule has 2 N–H and O–H groups in total. The third-order valence-corrected chi connectivity index (χ3v) is 4.75. The number of rotatable bonds is 7. The van der Waals surface area contributed by atoms with Crippen LogP contribution >= 0.6 is 0 Å². The van der Waals surface area contributed by atoms with Crippen molar-refractivity contribution in [1.29, 1.82) is 0 Å². The molecule has 0 aliphatic rings. The van der Waals surface area contributed by atoms with Crippen molar-refractivity contribution in [2.24, 2.45) is 0 Å². The fraction of sp³-hybridized carbons (Fsp3) is 0.429. The van der Waals surface area contributed by atoms with Gasteiger partial charge in [0.2, 0.25) is 0 Å². The van der Waals surface area contributed by atoms with Crippen LogP contribution in [0, 0.1) is 11.6 Å². The zero-order chi connectivity index (χ0) is 18.6. The van der Waals surface area contributed by atoms with Gasteiger partial charge in [-0.1, -0.05) is 52.5 Å². The lowest BCUT2D eigenvalue weighted by atomic mass is 9.79. The van der Waals surface area contributed by atoms with Gasteiger partial charge in [-0.2, -0.15) is 0 Å². The van der Waals surface area contributed by atoms with E-state index in [-0.39, 0.29) is 22.5 Å². The van der Waals surface area contributed by atoms with E-state index in [9.17, 15) is 19.0 Å². The van der Waals surface area contributed by atoms with Crippen LogP contribution in [0.3, 0.4) is 0 Å². The second kappa shape index (κ2) is 7.85. The zero-order valence-electron chi connectivity index (χ0n) is 15.1. The Morgan fingerprint density at radius 2 is 1.44 bits per heavy atom. The minimum absolute atomic E-state index is 0.207. The van der Waals surface area contributed by atoms with Gasteiger partial charge in [0.15, 0.2) is 0 Å². The monoisotopic (exact) mass is 348 g/mol. The molecule has 4 heteroatoms. The molecule has 0 bridgehead atoms.